The third-order valence-corrected chi connectivity index (χ3v) is 4.30. The first kappa shape index (κ1) is 16.2. The maximum atomic E-state index is 12.8. The van der Waals surface area contributed by atoms with Gasteiger partial charge in [0.05, 0.1) is 18.2 Å². The number of pyridine rings is 1. The third kappa shape index (κ3) is 3.62. The van der Waals surface area contributed by atoms with Crippen molar-refractivity contribution in [3.8, 4) is 0 Å². The molecule has 1 aliphatic rings. The molecular formula is C19H20N2O3. The summed E-state index contributed by atoms with van der Waals surface area (Å²) in [6.45, 7) is 0.722. The van der Waals surface area contributed by atoms with Gasteiger partial charge in [0, 0.05) is 24.2 Å². The number of hydrogen-bond donors (Lipinski definition) is 1. The fourth-order valence-electron chi connectivity index (χ4n) is 3.12. The van der Waals surface area contributed by atoms with Gasteiger partial charge in [0.2, 0.25) is 0 Å². The van der Waals surface area contributed by atoms with Crippen LogP contribution < -0.4 is 0 Å². The molecule has 1 aromatic carbocycles. The quantitative estimate of drug-likeness (QED) is 0.917. The second-order valence-corrected chi connectivity index (χ2v) is 5.97. The molecular weight excluding hydrogens is 304 g/mol. The van der Waals surface area contributed by atoms with Crippen molar-refractivity contribution in [3.63, 3.8) is 0 Å². The smallest absolute Gasteiger partial charge is 0.303 e. The first-order valence-corrected chi connectivity index (χ1v) is 8.19. The molecule has 1 N–H and O–H groups in total. The Kier molecular flexibility index (Phi) is 4.89. The molecule has 3 rings (SSSR count). The summed E-state index contributed by atoms with van der Waals surface area (Å²) in [5.74, 6) is -0.806. The Balaban J connectivity index is 1.79. The number of amides is 1. The Hall–Kier alpha value is -2.69. The molecule has 0 saturated carbocycles. The lowest BCUT2D eigenvalue weighted by Crippen LogP contribution is -2.31. The number of carboxylic acids is 1. The van der Waals surface area contributed by atoms with E-state index in [1.54, 1.807) is 0 Å². The maximum absolute atomic E-state index is 12.8. The fraction of sp³-hybridized carbons (Fsp3) is 0.316. The summed E-state index contributed by atoms with van der Waals surface area (Å²) in [4.78, 5) is 30.0. The van der Waals surface area contributed by atoms with Crippen LogP contribution in [-0.2, 0) is 11.2 Å². The number of aromatic nitrogens is 1. The lowest BCUT2D eigenvalue weighted by atomic mass is 10.1. The van der Waals surface area contributed by atoms with Crippen LogP contribution in [0.4, 0.5) is 0 Å². The Morgan fingerprint density at radius 2 is 1.92 bits per heavy atom. The molecule has 0 bridgehead atoms. The zero-order valence-electron chi connectivity index (χ0n) is 13.4. The number of aliphatic carboxylic acids is 1. The number of rotatable bonds is 5. The van der Waals surface area contributed by atoms with Crippen molar-refractivity contribution in [2.75, 3.05) is 6.54 Å². The molecule has 24 heavy (non-hydrogen) atoms. The van der Waals surface area contributed by atoms with E-state index >= 15 is 0 Å². The molecule has 1 aromatic heterocycles. The standard InChI is InChI=1S/C19H20N2O3/c22-18(23)12-11-15-8-4-9-16(20-15)17-10-5-13-21(17)19(24)14-6-2-1-3-7-14/h1-4,6-9,17H,5,10-13H2,(H,22,23). The predicted molar refractivity (Wildman–Crippen MR) is 89.6 cm³/mol. The molecule has 0 aliphatic carbocycles. The summed E-state index contributed by atoms with van der Waals surface area (Å²) in [6, 6.07) is 14.9. The highest BCUT2D eigenvalue weighted by atomic mass is 16.4. The topological polar surface area (TPSA) is 70.5 Å². The van der Waals surface area contributed by atoms with E-state index in [4.69, 9.17) is 5.11 Å². The van der Waals surface area contributed by atoms with Gasteiger partial charge >= 0.3 is 5.97 Å². The molecule has 1 saturated heterocycles. The van der Waals surface area contributed by atoms with Crippen molar-refractivity contribution < 1.29 is 14.7 Å². The van der Waals surface area contributed by atoms with Gasteiger partial charge in [0.25, 0.3) is 5.91 Å². The number of carbonyl (C=O) groups is 2. The second kappa shape index (κ2) is 7.25. The molecule has 5 nitrogen and oxygen atoms in total. The number of aryl methyl sites for hydroxylation is 1. The molecule has 2 heterocycles. The number of nitrogens with zero attached hydrogens (tertiary/aromatic N) is 2. The van der Waals surface area contributed by atoms with E-state index in [1.807, 2.05) is 53.4 Å². The average molecular weight is 324 g/mol. The molecule has 1 aliphatic heterocycles. The number of hydrogen-bond acceptors (Lipinski definition) is 3. The summed E-state index contributed by atoms with van der Waals surface area (Å²) in [5.41, 5.74) is 2.29. The van der Waals surface area contributed by atoms with Crippen molar-refractivity contribution in [2.45, 2.75) is 31.7 Å². The van der Waals surface area contributed by atoms with E-state index in [0.29, 0.717) is 12.0 Å². The van der Waals surface area contributed by atoms with Crippen molar-refractivity contribution in [1.82, 2.24) is 9.88 Å². The SMILES string of the molecule is O=C(O)CCc1cccc(C2CCCN2C(=O)c2ccccc2)n1. The minimum absolute atomic E-state index is 0.0239. The van der Waals surface area contributed by atoms with Gasteiger partial charge in [0.1, 0.15) is 0 Å². The van der Waals surface area contributed by atoms with Crippen LogP contribution in [-0.4, -0.2) is 33.4 Å². The highest BCUT2D eigenvalue weighted by Gasteiger charge is 2.31. The Labute approximate surface area is 140 Å². The molecule has 1 fully saturated rings. The fourth-order valence-corrected chi connectivity index (χ4v) is 3.12. The molecule has 1 atom stereocenters. The number of carboxylic acid groups (broad SMARTS) is 1. The number of carbonyl (C=O) groups excluding carboxylic acids is 1. The molecule has 1 amide bonds. The Morgan fingerprint density at radius 1 is 1.12 bits per heavy atom. The first-order valence-electron chi connectivity index (χ1n) is 8.19. The Bertz CT molecular complexity index is 730. The van der Waals surface area contributed by atoms with Crippen molar-refractivity contribution in [1.29, 1.82) is 0 Å². The summed E-state index contributed by atoms with van der Waals surface area (Å²) in [7, 11) is 0. The van der Waals surface area contributed by atoms with E-state index < -0.39 is 5.97 Å². The highest BCUT2D eigenvalue weighted by Crippen LogP contribution is 2.32. The summed E-state index contributed by atoms with van der Waals surface area (Å²) in [6.07, 6.45) is 2.30. The van der Waals surface area contributed by atoms with Gasteiger partial charge in [-0.3, -0.25) is 14.6 Å². The minimum atomic E-state index is -0.830. The van der Waals surface area contributed by atoms with Crippen molar-refractivity contribution in [3.05, 3.63) is 65.5 Å². The first-order chi connectivity index (χ1) is 11.6. The van der Waals surface area contributed by atoms with E-state index in [2.05, 4.69) is 4.98 Å². The van der Waals surface area contributed by atoms with Crippen LogP contribution in [0.15, 0.2) is 48.5 Å². The van der Waals surface area contributed by atoms with Gasteiger partial charge in [0.15, 0.2) is 0 Å². The van der Waals surface area contributed by atoms with E-state index in [9.17, 15) is 9.59 Å². The molecule has 0 spiro atoms. The van der Waals surface area contributed by atoms with Crippen LogP contribution in [0, 0.1) is 0 Å². The van der Waals surface area contributed by atoms with Crippen molar-refractivity contribution in [2.24, 2.45) is 0 Å². The minimum Gasteiger partial charge on any atom is -0.481 e. The van der Waals surface area contributed by atoms with E-state index in [-0.39, 0.29) is 18.4 Å². The zero-order valence-corrected chi connectivity index (χ0v) is 13.4. The normalized spacial score (nSPS) is 17.0. The monoisotopic (exact) mass is 324 g/mol. The molecule has 2 aromatic rings. The maximum Gasteiger partial charge on any atom is 0.303 e. The Morgan fingerprint density at radius 3 is 2.67 bits per heavy atom. The lowest BCUT2D eigenvalue weighted by Gasteiger charge is -2.24. The van der Waals surface area contributed by atoms with Crippen molar-refractivity contribution >= 4 is 11.9 Å². The van der Waals surface area contributed by atoms with Crippen LogP contribution in [0.3, 0.4) is 0 Å². The average Bonchev–Trinajstić information content (AvgIpc) is 3.10. The van der Waals surface area contributed by atoms with E-state index in [0.717, 1.165) is 30.8 Å². The number of likely N-dealkylation sites (tertiary alicyclic amines) is 1. The molecule has 124 valence electrons. The van der Waals surface area contributed by atoms with Crippen LogP contribution in [0.2, 0.25) is 0 Å². The van der Waals surface area contributed by atoms with Gasteiger partial charge in [-0.1, -0.05) is 24.3 Å². The summed E-state index contributed by atoms with van der Waals surface area (Å²) in [5, 5.41) is 8.82. The lowest BCUT2D eigenvalue weighted by molar-refractivity contribution is -0.136. The predicted octanol–water partition coefficient (Wildman–Crippen LogP) is 3.08. The largest absolute Gasteiger partial charge is 0.481 e. The zero-order chi connectivity index (χ0) is 16.9. The highest BCUT2D eigenvalue weighted by molar-refractivity contribution is 5.94. The van der Waals surface area contributed by atoms with Gasteiger partial charge in [-0.05, 0) is 37.1 Å². The third-order valence-electron chi connectivity index (χ3n) is 4.30. The molecule has 0 radical (unpaired) electrons. The summed E-state index contributed by atoms with van der Waals surface area (Å²) < 4.78 is 0. The summed E-state index contributed by atoms with van der Waals surface area (Å²) >= 11 is 0. The molecule has 5 heteroatoms. The number of benzene rings is 1. The van der Waals surface area contributed by atoms with Crippen LogP contribution >= 0.6 is 0 Å². The van der Waals surface area contributed by atoms with Crippen LogP contribution in [0.5, 0.6) is 0 Å². The van der Waals surface area contributed by atoms with Gasteiger partial charge in [-0.2, -0.15) is 0 Å². The molecule has 1 unspecified atom stereocenters. The van der Waals surface area contributed by atoms with Gasteiger partial charge in [-0.15, -0.1) is 0 Å². The van der Waals surface area contributed by atoms with Crippen LogP contribution in [0.25, 0.3) is 0 Å². The van der Waals surface area contributed by atoms with Gasteiger partial charge < -0.3 is 10.0 Å². The van der Waals surface area contributed by atoms with Crippen LogP contribution in [0.1, 0.15) is 47.1 Å². The van der Waals surface area contributed by atoms with E-state index in [1.165, 1.54) is 0 Å². The van der Waals surface area contributed by atoms with Gasteiger partial charge in [-0.25, -0.2) is 0 Å². The second-order valence-electron chi connectivity index (χ2n) is 5.97.